The van der Waals surface area contributed by atoms with Gasteiger partial charge in [-0.15, -0.1) is 0 Å². The lowest BCUT2D eigenvalue weighted by Crippen LogP contribution is -2.18. The minimum Gasteiger partial charge on any atom is -0.475 e. The van der Waals surface area contributed by atoms with Crippen LogP contribution in [0.2, 0.25) is 0 Å². The van der Waals surface area contributed by atoms with Gasteiger partial charge in [-0.05, 0) is 0 Å². The van der Waals surface area contributed by atoms with E-state index in [-0.39, 0.29) is 0 Å². The molecule has 0 radical (unpaired) electrons. The minimum atomic E-state index is -4.26. The average molecular weight is 169 g/mol. The van der Waals surface area contributed by atoms with Crippen molar-refractivity contribution in [2.24, 2.45) is 0 Å². The molecule has 0 aliphatic rings. The van der Waals surface area contributed by atoms with Gasteiger partial charge < -0.3 is 5.11 Å². The third kappa shape index (κ3) is 4.34. The lowest BCUT2D eigenvalue weighted by atomic mass is 10.5. The summed E-state index contributed by atoms with van der Waals surface area (Å²) in [6.07, 6.45) is -1.12. The van der Waals surface area contributed by atoms with Gasteiger partial charge >= 0.3 is 13.9 Å². The second kappa shape index (κ2) is 3.03. The van der Waals surface area contributed by atoms with Crippen LogP contribution in [0.3, 0.4) is 0 Å². The van der Waals surface area contributed by atoms with Crippen LogP contribution in [0.15, 0.2) is 0 Å². The Kier molecular flexibility index (Phi) is 2.86. The minimum absolute atomic E-state index is 1.12. The molecule has 58 valence electrons. The van der Waals surface area contributed by atoms with Crippen LogP contribution >= 0.6 is 7.94 Å². The van der Waals surface area contributed by atoms with E-state index in [9.17, 15) is 9.59 Å². The van der Waals surface area contributed by atoms with Gasteiger partial charge in [-0.1, -0.05) is 0 Å². The summed E-state index contributed by atoms with van der Waals surface area (Å²) < 4.78 is 0. The van der Waals surface area contributed by atoms with Gasteiger partial charge in [0.15, 0.2) is 0 Å². The molecular formula is C3H6O6P+. The predicted molar refractivity (Wildman–Crippen MR) is 31.1 cm³/mol. The van der Waals surface area contributed by atoms with Crippen molar-refractivity contribution in [2.75, 3.05) is 6.16 Å². The van der Waals surface area contributed by atoms with E-state index in [0.29, 0.717) is 0 Å². The normalized spacial score (nSPS) is 11.1. The Morgan fingerprint density at radius 2 is 1.60 bits per heavy atom. The number of carbonyl (C=O) groups is 2. The van der Waals surface area contributed by atoms with E-state index < -0.39 is 25.9 Å². The van der Waals surface area contributed by atoms with Gasteiger partial charge in [0, 0.05) is 0 Å². The SMILES string of the molecule is O=C(O)C(=O)C[P+](O)(O)O. The Labute approximate surface area is 56.3 Å². The van der Waals surface area contributed by atoms with Crippen LogP contribution in [-0.2, 0) is 9.59 Å². The molecule has 0 fully saturated rings. The van der Waals surface area contributed by atoms with Crippen LogP contribution in [0.25, 0.3) is 0 Å². The molecule has 0 aliphatic carbocycles. The molecule has 0 aromatic heterocycles. The highest BCUT2D eigenvalue weighted by atomic mass is 31.2. The molecule has 0 aromatic carbocycles. The van der Waals surface area contributed by atoms with Crippen LogP contribution in [0.4, 0.5) is 0 Å². The summed E-state index contributed by atoms with van der Waals surface area (Å²) in [5.41, 5.74) is 0. The zero-order chi connectivity index (χ0) is 8.36. The maximum absolute atomic E-state index is 10.1. The second-order valence-corrected chi connectivity index (χ2v) is 3.28. The number of aliphatic carboxylic acids is 1. The summed E-state index contributed by atoms with van der Waals surface area (Å²) in [7, 11) is -4.26. The fraction of sp³-hybridized carbons (Fsp3) is 0.333. The van der Waals surface area contributed by atoms with Crippen LogP contribution < -0.4 is 0 Å². The first kappa shape index (κ1) is 9.45. The molecule has 0 saturated heterocycles. The zero-order valence-corrected chi connectivity index (χ0v) is 5.65. The zero-order valence-electron chi connectivity index (χ0n) is 4.76. The summed E-state index contributed by atoms with van der Waals surface area (Å²) in [5, 5.41) is 7.88. The molecular weight excluding hydrogens is 163 g/mol. The summed E-state index contributed by atoms with van der Waals surface area (Å²) in [6, 6.07) is 0. The summed E-state index contributed by atoms with van der Waals surface area (Å²) >= 11 is 0. The number of rotatable bonds is 3. The first-order chi connectivity index (χ1) is 4.33. The number of carboxylic acid groups (broad SMARTS) is 1. The predicted octanol–water partition coefficient (Wildman–Crippen LogP) is -1.62. The smallest absolute Gasteiger partial charge is 0.412 e. The quantitative estimate of drug-likeness (QED) is 0.298. The van der Waals surface area contributed by atoms with Crippen LogP contribution in [-0.4, -0.2) is 37.7 Å². The summed E-state index contributed by atoms with van der Waals surface area (Å²) in [5.74, 6) is -3.21. The topological polar surface area (TPSA) is 115 Å². The van der Waals surface area contributed by atoms with E-state index in [2.05, 4.69) is 0 Å². The fourth-order valence-electron chi connectivity index (χ4n) is 0.260. The highest BCUT2D eigenvalue weighted by Gasteiger charge is 2.36. The Morgan fingerprint density at radius 3 is 1.70 bits per heavy atom. The lowest BCUT2D eigenvalue weighted by molar-refractivity contribution is -0.148. The summed E-state index contributed by atoms with van der Waals surface area (Å²) in [6.45, 7) is 0. The van der Waals surface area contributed by atoms with Crippen molar-refractivity contribution < 1.29 is 29.4 Å². The molecule has 0 bridgehead atoms. The molecule has 7 heteroatoms. The number of ketones is 1. The van der Waals surface area contributed by atoms with Crippen LogP contribution in [0, 0.1) is 0 Å². The lowest BCUT2D eigenvalue weighted by Gasteiger charge is -1.98. The van der Waals surface area contributed by atoms with Crippen molar-refractivity contribution in [3.8, 4) is 0 Å². The van der Waals surface area contributed by atoms with Crippen molar-refractivity contribution >= 4 is 19.7 Å². The Bertz CT molecular complexity index is 157. The monoisotopic (exact) mass is 169 g/mol. The van der Waals surface area contributed by atoms with Gasteiger partial charge in [0.05, 0.1) is 0 Å². The van der Waals surface area contributed by atoms with Gasteiger partial charge in [0.25, 0.3) is 5.78 Å². The number of carboxylic acids is 1. The van der Waals surface area contributed by atoms with Crippen molar-refractivity contribution in [1.82, 2.24) is 0 Å². The van der Waals surface area contributed by atoms with Gasteiger partial charge in [0.2, 0.25) is 6.16 Å². The van der Waals surface area contributed by atoms with E-state index in [1.54, 1.807) is 0 Å². The van der Waals surface area contributed by atoms with E-state index in [1.807, 2.05) is 0 Å². The molecule has 4 N–H and O–H groups in total. The molecule has 0 aromatic rings. The standard InChI is InChI=1S/C3H5O6P/c4-2(3(5)6)1-10(7,8)9/h7-9H,1H2/p+1. The molecule has 0 aliphatic heterocycles. The highest BCUT2D eigenvalue weighted by Crippen LogP contribution is 2.43. The highest BCUT2D eigenvalue weighted by molar-refractivity contribution is 7.59. The van der Waals surface area contributed by atoms with E-state index >= 15 is 0 Å². The molecule has 0 heterocycles. The van der Waals surface area contributed by atoms with Crippen molar-refractivity contribution in [3.63, 3.8) is 0 Å². The van der Waals surface area contributed by atoms with Crippen LogP contribution in [0.5, 0.6) is 0 Å². The molecule has 0 atom stereocenters. The Hall–Kier alpha value is -0.550. The number of hydrogen-bond donors (Lipinski definition) is 4. The van der Waals surface area contributed by atoms with E-state index in [4.69, 9.17) is 19.8 Å². The number of carbonyl (C=O) groups excluding carboxylic acids is 1. The number of Topliss-reactive ketones (excluding diaryl/α,β-unsaturated/α-hetero) is 1. The fourth-order valence-corrected chi connectivity index (χ4v) is 0.781. The largest absolute Gasteiger partial charge is 0.475 e. The Balaban J connectivity index is 3.93. The third-order valence-corrected chi connectivity index (χ3v) is 1.31. The molecule has 0 spiro atoms. The van der Waals surface area contributed by atoms with Crippen molar-refractivity contribution in [3.05, 3.63) is 0 Å². The maximum atomic E-state index is 10.1. The average Bonchev–Trinajstić information content (AvgIpc) is 1.60. The molecule has 0 saturated carbocycles. The van der Waals surface area contributed by atoms with Gasteiger partial charge in [0.1, 0.15) is 0 Å². The number of hydrogen-bond acceptors (Lipinski definition) is 5. The van der Waals surface area contributed by atoms with Crippen LogP contribution in [0.1, 0.15) is 0 Å². The van der Waals surface area contributed by atoms with Gasteiger partial charge in [-0.25, -0.2) is 4.79 Å². The summed E-state index contributed by atoms with van der Waals surface area (Å²) in [4.78, 5) is 44.3. The van der Waals surface area contributed by atoms with Gasteiger partial charge in [-0.3, -0.25) is 4.79 Å². The maximum Gasteiger partial charge on any atom is 0.412 e. The molecule has 0 rings (SSSR count). The third-order valence-electron chi connectivity index (χ3n) is 0.594. The molecule has 10 heavy (non-hydrogen) atoms. The second-order valence-electron chi connectivity index (χ2n) is 1.58. The van der Waals surface area contributed by atoms with E-state index in [0.717, 1.165) is 0 Å². The molecule has 0 unspecified atom stereocenters. The first-order valence-electron chi connectivity index (χ1n) is 2.15. The first-order valence-corrected chi connectivity index (χ1v) is 3.98. The molecule has 6 nitrogen and oxygen atoms in total. The van der Waals surface area contributed by atoms with Crippen molar-refractivity contribution in [1.29, 1.82) is 0 Å². The van der Waals surface area contributed by atoms with Crippen molar-refractivity contribution in [2.45, 2.75) is 0 Å². The molecule has 0 amide bonds. The van der Waals surface area contributed by atoms with E-state index in [1.165, 1.54) is 0 Å². The van der Waals surface area contributed by atoms with Gasteiger partial charge in [-0.2, -0.15) is 14.7 Å². The Morgan fingerprint density at radius 1 is 1.20 bits per heavy atom.